The fraction of sp³-hybridized carbons (Fsp3) is 0.0667. The number of nitrogens with zero attached hydrogens (tertiary/aromatic N) is 1. The monoisotopic (exact) mass is 285 g/mol. The highest BCUT2D eigenvalue weighted by molar-refractivity contribution is 6.29. The Balaban J connectivity index is 1.89. The summed E-state index contributed by atoms with van der Waals surface area (Å²) in [6, 6.07) is 12.9. The number of imidazole rings is 1. The molecule has 0 aliphatic rings. The van der Waals surface area contributed by atoms with Crippen LogP contribution in [0.1, 0.15) is 15.9 Å². The maximum Gasteiger partial charge on any atom is 0.255 e. The number of anilines is 1. The highest BCUT2D eigenvalue weighted by Crippen LogP contribution is 2.20. The van der Waals surface area contributed by atoms with Gasteiger partial charge in [-0.25, -0.2) is 4.98 Å². The van der Waals surface area contributed by atoms with Crippen LogP contribution >= 0.6 is 11.6 Å². The van der Waals surface area contributed by atoms with E-state index >= 15 is 0 Å². The van der Waals surface area contributed by atoms with Crippen LogP contribution < -0.4 is 5.32 Å². The number of aromatic amines is 1. The van der Waals surface area contributed by atoms with Crippen LogP contribution in [0.4, 0.5) is 5.69 Å². The summed E-state index contributed by atoms with van der Waals surface area (Å²) in [5.74, 6) is -0.131. The predicted octanol–water partition coefficient (Wildman–Crippen LogP) is 3.78. The van der Waals surface area contributed by atoms with Crippen LogP contribution in [0.15, 0.2) is 42.5 Å². The number of nitrogens with one attached hydrogen (secondary N) is 2. The first-order chi connectivity index (χ1) is 9.63. The van der Waals surface area contributed by atoms with Crippen LogP contribution in [-0.4, -0.2) is 15.9 Å². The maximum atomic E-state index is 12.2. The number of halogens is 1. The van der Waals surface area contributed by atoms with Crippen molar-refractivity contribution in [1.29, 1.82) is 0 Å². The molecule has 2 N–H and O–H groups in total. The molecule has 3 aromatic rings. The van der Waals surface area contributed by atoms with Gasteiger partial charge < -0.3 is 10.3 Å². The number of H-pyrrole nitrogens is 1. The van der Waals surface area contributed by atoms with Crippen molar-refractivity contribution < 1.29 is 4.79 Å². The van der Waals surface area contributed by atoms with Crippen LogP contribution in [0.3, 0.4) is 0 Å². The smallest absolute Gasteiger partial charge is 0.255 e. The number of carbonyl (C=O) groups excluding carboxylic acids is 1. The normalized spacial score (nSPS) is 10.7. The van der Waals surface area contributed by atoms with Crippen molar-refractivity contribution in [3.05, 3.63) is 58.9 Å². The minimum atomic E-state index is -0.131. The molecule has 3 rings (SSSR count). The molecule has 1 amide bonds. The third kappa shape index (κ3) is 2.38. The van der Waals surface area contributed by atoms with Crippen molar-refractivity contribution in [2.24, 2.45) is 0 Å². The van der Waals surface area contributed by atoms with Gasteiger partial charge in [0.25, 0.3) is 5.91 Å². The molecule has 5 heteroatoms. The highest BCUT2D eigenvalue weighted by atomic mass is 35.5. The van der Waals surface area contributed by atoms with Gasteiger partial charge in [0.1, 0.15) is 0 Å². The van der Waals surface area contributed by atoms with Gasteiger partial charge in [-0.05, 0) is 48.4 Å². The number of hydrogen-bond donors (Lipinski definition) is 2. The van der Waals surface area contributed by atoms with Crippen LogP contribution in [0.5, 0.6) is 0 Å². The average molecular weight is 286 g/mol. The molecule has 0 aliphatic heterocycles. The van der Waals surface area contributed by atoms with Gasteiger partial charge >= 0.3 is 0 Å². The van der Waals surface area contributed by atoms with Gasteiger partial charge in [0.2, 0.25) is 5.28 Å². The summed E-state index contributed by atoms with van der Waals surface area (Å²) >= 11 is 5.80. The Labute approximate surface area is 120 Å². The van der Waals surface area contributed by atoms with Gasteiger partial charge in [-0.15, -0.1) is 0 Å². The van der Waals surface area contributed by atoms with E-state index in [1.54, 1.807) is 12.1 Å². The van der Waals surface area contributed by atoms with E-state index in [9.17, 15) is 4.79 Å². The standard InChI is InChI=1S/C15H12ClN3O/c1-9-4-2-3-5-11(9)14(20)17-10-6-7-12-13(8-10)19-15(16)18-12/h2-8H,1H3,(H,17,20)(H,18,19). The predicted molar refractivity (Wildman–Crippen MR) is 80.2 cm³/mol. The lowest BCUT2D eigenvalue weighted by Crippen LogP contribution is -2.13. The Kier molecular flexibility index (Phi) is 3.16. The van der Waals surface area contributed by atoms with E-state index in [0.29, 0.717) is 16.5 Å². The molecule has 0 bridgehead atoms. The van der Waals surface area contributed by atoms with Crippen LogP contribution in [0.2, 0.25) is 5.28 Å². The molecule has 100 valence electrons. The molecule has 4 nitrogen and oxygen atoms in total. The van der Waals surface area contributed by atoms with Gasteiger partial charge in [0, 0.05) is 11.3 Å². The first-order valence-electron chi connectivity index (χ1n) is 6.16. The van der Waals surface area contributed by atoms with E-state index in [1.165, 1.54) is 0 Å². The SMILES string of the molecule is Cc1ccccc1C(=O)Nc1ccc2nc(Cl)[nH]c2c1. The molecule has 0 spiro atoms. The Morgan fingerprint density at radius 1 is 1.25 bits per heavy atom. The van der Waals surface area contributed by atoms with Crippen molar-refractivity contribution >= 4 is 34.2 Å². The summed E-state index contributed by atoms with van der Waals surface area (Å²) in [5.41, 5.74) is 3.86. The number of aryl methyl sites for hydroxylation is 1. The molecule has 0 fully saturated rings. The van der Waals surface area contributed by atoms with Crippen molar-refractivity contribution in [3.63, 3.8) is 0 Å². The summed E-state index contributed by atoms with van der Waals surface area (Å²) in [4.78, 5) is 19.2. The lowest BCUT2D eigenvalue weighted by atomic mass is 10.1. The molecule has 0 aliphatic carbocycles. The third-order valence-electron chi connectivity index (χ3n) is 3.10. The molecule has 20 heavy (non-hydrogen) atoms. The Bertz CT molecular complexity index is 795. The summed E-state index contributed by atoms with van der Waals surface area (Å²) < 4.78 is 0. The zero-order valence-electron chi connectivity index (χ0n) is 10.8. The average Bonchev–Trinajstić information content (AvgIpc) is 2.78. The topological polar surface area (TPSA) is 57.8 Å². The van der Waals surface area contributed by atoms with Gasteiger partial charge in [-0.3, -0.25) is 4.79 Å². The summed E-state index contributed by atoms with van der Waals surface area (Å²) in [5, 5.41) is 3.21. The molecule has 0 atom stereocenters. The Morgan fingerprint density at radius 2 is 2.05 bits per heavy atom. The molecular weight excluding hydrogens is 274 g/mol. The minimum absolute atomic E-state index is 0.131. The van der Waals surface area contributed by atoms with Crippen LogP contribution in [-0.2, 0) is 0 Å². The lowest BCUT2D eigenvalue weighted by Gasteiger charge is -2.07. The number of hydrogen-bond acceptors (Lipinski definition) is 2. The summed E-state index contributed by atoms with van der Waals surface area (Å²) in [7, 11) is 0. The number of benzene rings is 2. The number of carbonyl (C=O) groups is 1. The molecule has 1 heterocycles. The fourth-order valence-electron chi connectivity index (χ4n) is 2.08. The third-order valence-corrected chi connectivity index (χ3v) is 3.28. The highest BCUT2D eigenvalue weighted by Gasteiger charge is 2.09. The summed E-state index contributed by atoms with van der Waals surface area (Å²) in [6.45, 7) is 1.91. The van der Waals surface area contributed by atoms with Crippen molar-refractivity contribution in [3.8, 4) is 0 Å². The van der Waals surface area contributed by atoms with Crippen molar-refractivity contribution in [1.82, 2.24) is 9.97 Å². The Morgan fingerprint density at radius 3 is 2.85 bits per heavy atom. The number of aromatic nitrogens is 2. The van der Waals surface area contributed by atoms with Crippen molar-refractivity contribution in [2.45, 2.75) is 6.92 Å². The first-order valence-corrected chi connectivity index (χ1v) is 6.53. The molecular formula is C15H12ClN3O. The van der Waals surface area contributed by atoms with Crippen LogP contribution in [0, 0.1) is 6.92 Å². The molecule has 0 radical (unpaired) electrons. The van der Waals surface area contributed by atoms with E-state index < -0.39 is 0 Å². The van der Waals surface area contributed by atoms with Gasteiger partial charge in [-0.1, -0.05) is 18.2 Å². The van der Waals surface area contributed by atoms with E-state index in [4.69, 9.17) is 11.6 Å². The molecule has 2 aromatic carbocycles. The zero-order valence-corrected chi connectivity index (χ0v) is 11.5. The van der Waals surface area contributed by atoms with Gasteiger partial charge in [0.15, 0.2) is 0 Å². The first kappa shape index (κ1) is 12.7. The van der Waals surface area contributed by atoms with E-state index in [2.05, 4.69) is 15.3 Å². The molecule has 0 unspecified atom stereocenters. The number of fused-ring (bicyclic) bond motifs is 1. The van der Waals surface area contributed by atoms with E-state index in [1.807, 2.05) is 37.3 Å². The van der Waals surface area contributed by atoms with E-state index in [-0.39, 0.29) is 5.91 Å². The Hall–Kier alpha value is -2.33. The van der Waals surface area contributed by atoms with Crippen molar-refractivity contribution in [2.75, 3.05) is 5.32 Å². The summed E-state index contributed by atoms with van der Waals surface area (Å²) in [6.07, 6.45) is 0. The molecule has 0 saturated carbocycles. The lowest BCUT2D eigenvalue weighted by molar-refractivity contribution is 0.102. The fourth-order valence-corrected chi connectivity index (χ4v) is 2.28. The zero-order chi connectivity index (χ0) is 14.1. The maximum absolute atomic E-state index is 12.2. The second-order valence-corrected chi connectivity index (χ2v) is 4.89. The van der Waals surface area contributed by atoms with Gasteiger partial charge in [-0.2, -0.15) is 0 Å². The molecule has 1 aromatic heterocycles. The van der Waals surface area contributed by atoms with Gasteiger partial charge in [0.05, 0.1) is 11.0 Å². The number of amides is 1. The number of rotatable bonds is 2. The quantitative estimate of drug-likeness (QED) is 0.753. The largest absolute Gasteiger partial charge is 0.329 e. The van der Waals surface area contributed by atoms with E-state index in [0.717, 1.165) is 16.6 Å². The molecule has 0 saturated heterocycles. The second-order valence-electron chi connectivity index (χ2n) is 4.53. The van der Waals surface area contributed by atoms with Crippen LogP contribution in [0.25, 0.3) is 11.0 Å². The minimum Gasteiger partial charge on any atom is -0.329 e. The second kappa shape index (κ2) is 4.98.